The van der Waals surface area contributed by atoms with Crippen molar-refractivity contribution in [2.24, 2.45) is 11.7 Å². The van der Waals surface area contributed by atoms with Crippen molar-refractivity contribution in [1.82, 2.24) is 5.32 Å². The molecule has 2 unspecified atom stereocenters. The highest BCUT2D eigenvalue weighted by Crippen LogP contribution is 2.10. The molecule has 0 rings (SSSR count). The average molecular weight is 244 g/mol. The van der Waals surface area contributed by atoms with E-state index in [2.05, 4.69) is 5.32 Å². The van der Waals surface area contributed by atoms with Crippen molar-refractivity contribution in [3.63, 3.8) is 0 Å². The van der Waals surface area contributed by atoms with E-state index in [1.54, 1.807) is 7.11 Å². The van der Waals surface area contributed by atoms with Crippen molar-refractivity contribution in [2.75, 3.05) is 13.7 Å². The maximum Gasteiger partial charge on any atom is 0.222 e. The third-order valence-electron chi connectivity index (χ3n) is 2.99. The standard InChI is InChI=1S/C13H28N2O2/c1-10(7-6-8-11(2)14)12(16)15-9-13(3,4)17-5/h10-11H,6-9,14H2,1-5H3,(H,15,16). The van der Waals surface area contributed by atoms with E-state index in [1.165, 1.54) is 0 Å². The molecular formula is C13H28N2O2. The maximum absolute atomic E-state index is 11.8. The Bertz CT molecular complexity index is 227. The molecule has 1 amide bonds. The number of carbonyl (C=O) groups excluding carboxylic acids is 1. The molecule has 0 heterocycles. The van der Waals surface area contributed by atoms with E-state index in [9.17, 15) is 4.79 Å². The first kappa shape index (κ1) is 16.4. The molecule has 2 atom stereocenters. The topological polar surface area (TPSA) is 64.3 Å². The van der Waals surface area contributed by atoms with Crippen LogP contribution in [0.4, 0.5) is 0 Å². The van der Waals surface area contributed by atoms with Crippen molar-refractivity contribution < 1.29 is 9.53 Å². The number of carbonyl (C=O) groups is 1. The van der Waals surface area contributed by atoms with Crippen LogP contribution in [0.5, 0.6) is 0 Å². The van der Waals surface area contributed by atoms with Gasteiger partial charge in [-0.05, 0) is 33.6 Å². The van der Waals surface area contributed by atoms with Crippen molar-refractivity contribution in [3.05, 3.63) is 0 Å². The molecule has 0 saturated heterocycles. The summed E-state index contributed by atoms with van der Waals surface area (Å²) in [5.41, 5.74) is 5.37. The van der Waals surface area contributed by atoms with E-state index >= 15 is 0 Å². The zero-order chi connectivity index (χ0) is 13.5. The molecule has 0 radical (unpaired) electrons. The Morgan fingerprint density at radius 3 is 2.41 bits per heavy atom. The minimum Gasteiger partial charge on any atom is -0.377 e. The van der Waals surface area contributed by atoms with Gasteiger partial charge >= 0.3 is 0 Å². The third-order valence-corrected chi connectivity index (χ3v) is 2.99. The Hall–Kier alpha value is -0.610. The van der Waals surface area contributed by atoms with Gasteiger partial charge in [0.05, 0.1) is 5.60 Å². The number of hydrogen-bond acceptors (Lipinski definition) is 3. The Morgan fingerprint density at radius 1 is 1.35 bits per heavy atom. The summed E-state index contributed by atoms with van der Waals surface area (Å²) in [6.07, 6.45) is 2.86. The molecule has 0 aliphatic heterocycles. The van der Waals surface area contributed by atoms with Gasteiger partial charge in [0.2, 0.25) is 5.91 Å². The molecule has 0 aliphatic rings. The monoisotopic (exact) mass is 244 g/mol. The number of methoxy groups -OCH3 is 1. The summed E-state index contributed by atoms with van der Waals surface area (Å²) in [7, 11) is 1.65. The van der Waals surface area contributed by atoms with Crippen LogP contribution in [0.3, 0.4) is 0 Å². The van der Waals surface area contributed by atoms with Crippen molar-refractivity contribution >= 4 is 5.91 Å². The number of nitrogens with one attached hydrogen (secondary N) is 1. The van der Waals surface area contributed by atoms with Crippen LogP contribution in [0, 0.1) is 5.92 Å². The van der Waals surface area contributed by atoms with Crippen LogP contribution in [-0.2, 0) is 9.53 Å². The summed E-state index contributed by atoms with van der Waals surface area (Å²) in [6, 6.07) is 0.220. The second kappa shape index (κ2) is 7.67. The second-order valence-electron chi connectivity index (χ2n) is 5.49. The van der Waals surface area contributed by atoms with Gasteiger partial charge in [-0.3, -0.25) is 4.79 Å². The Morgan fingerprint density at radius 2 is 1.94 bits per heavy atom. The largest absolute Gasteiger partial charge is 0.377 e. The normalized spacial score (nSPS) is 15.4. The molecular weight excluding hydrogens is 216 g/mol. The van der Waals surface area contributed by atoms with Crippen LogP contribution < -0.4 is 11.1 Å². The average Bonchev–Trinajstić information content (AvgIpc) is 2.25. The summed E-state index contributed by atoms with van der Waals surface area (Å²) in [5, 5.41) is 2.92. The van der Waals surface area contributed by atoms with Gasteiger partial charge < -0.3 is 15.8 Å². The number of ether oxygens (including phenoxy) is 1. The predicted octanol–water partition coefficient (Wildman–Crippen LogP) is 1.68. The van der Waals surface area contributed by atoms with E-state index in [-0.39, 0.29) is 23.5 Å². The van der Waals surface area contributed by atoms with Gasteiger partial charge in [-0.1, -0.05) is 13.3 Å². The Kier molecular flexibility index (Phi) is 7.39. The van der Waals surface area contributed by atoms with E-state index in [0.717, 1.165) is 19.3 Å². The van der Waals surface area contributed by atoms with Gasteiger partial charge in [-0.25, -0.2) is 0 Å². The van der Waals surface area contributed by atoms with Gasteiger partial charge in [-0.15, -0.1) is 0 Å². The van der Waals surface area contributed by atoms with Gasteiger partial charge in [0.25, 0.3) is 0 Å². The smallest absolute Gasteiger partial charge is 0.222 e. The van der Waals surface area contributed by atoms with Gasteiger partial charge in [-0.2, -0.15) is 0 Å². The molecule has 0 aromatic heterocycles. The lowest BCUT2D eigenvalue weighted by Crippen LogP contribution is -2.41. The van der Waals surface area contributed by atoms with E-state index in [4.69, 9.17) is 10.5 Å². The molecule has 4 nitrogen and oxygen atoms in total. The van der Waals surface area contributed by atoms with Gasteiger partial charge in [0.1, 0.15) is 0 Å². The molecule has 102 valence electrons. The van der Waals surface area contributed by atoms with Gasteiger partial charge in [0.15, 0.2) is 0 Å². The summed E-state index contributed by atoms with van der Waals surface area (Å²) < 4.78 is 5.25. The first-order chi connectivity index (χ1) is 7.78. The summed E-state index contributed by atoms with van der Waals surface area (Å²) >= 11 is 0. The van der Waals surface area contributed by atoms with Crippen LogP contribution >= 0.6 is 0 Å². The van der Waals surface area contributed by atoms with E-state index in [1.807, 2.05) is 27.7 Å². The quantitative estimate of drug-likeness (QED) is 0.683. The molecule has 0 spiro atoms. The fourth-order valence-corrected chi connectivity index (χ4v) is 1.42. The minimum atomic E-state index is -0.304. The highest BCUT2D eigenvalue weighted by atomic mass is 16.5. The van der Waals surface area contributed by atoms with Crippen molar-refractivity contribution in [1.29, 1.82) is 0 Å². The maximum atomic E-state index is 11.8. The fourth-order valence-electron chi connectivity index (χ4n) is 1.42. The molecule has 0 bridgehead atoms. The molecule has 0 aromatic rings. The molecule has 0 fully saturated rings. The van der Waals surface area contributed by atoms with Crippen LogP contribution in [0.25, 0.3) is 0 Å². The number of hydrogen-bond donors (Lipinski definition) is 2. The number of amides is 1. The molecule has 0 aromatic carbocycles. The van der Waals surface area contributed by atoms with Crippen LogP contribution in [-0.4, -0.2) is 31.2 Å². The second-order valence-corrected chi connectivity index (χ2v) is 5.49. The molecule has 0 aliphatic carbocycles. The van der Waals surface area contributed by atoms with E-state index in [0.29, 0.717) is 6.54 Å². The molecule has 0 saturated carbocycles. The Balaban J connectivity index is 3.82. The lowest BCUT2D eigenvalue weighted by atomic mass is 10.0. The lowest BCUT2D eigenvalue weighted by Gasteiger charge is -2.24. The van der Waals surface area contributed by atoms with Gasteiger partial charge in [0, 0.05) is 25.6 Å². The third kappa shape index (κ3) is 8.16. The highest BCUT2D eigenvalue weighted by molar-refractivity contribution is 5.78. The predicted molar refractivity (Wildman–Crippen MR) is 70.8 cm³/mol. The SMILES string of the molecule is COC(C)(C)CNC(=O)C(C)CCCC(C)N. The van der Waals surface area contributed by atoms with E-state index < -0.39 is 0 Å². The van der Waals surface area contributed by atoms with Crippen LogP contribution in [0.1, 0.15) is 47.0 Å². The van der Waals surface area contributed by atoms with Crippen molar-refractivity contribution in [3.8, 4) is 0 Å². The number of rotatable bonds is 8. The zero-order valence-corrected chi connectivity index (χ0v) is 11.9. The lowest BCUT2D eigenvalue weighted by molar-refractivity contribution is -0.126. The minimum absolute atomic E-state index is 0.0430. The fraction of sp³-hybridized carbons (Fsp3) is 0.923. The summed E-state index contributed by atoms with van der Waals surface area (Å²) in [4.78, 5) is 11.8. The molecule has 17 heavy (non-hydrogen) atoms. The summed E-state index contributed by atoms with van der Waals surface area (Å²) in [5.74, 6) is 0.140. The number of nitrogens with two attached hydrogens (primary N) is 1. The first-order valence-electron chi connectivity index (χ1n) is 6.37. The van der Waals surface area contributed by atoms with Crippen LogP contribution in [0.2, 0.25) is 0 Å². The first-order valence-corrected chi connectivity index (χ1v) is 6.37. The summed E-state index contributed by atoms with van der Waals surface area (Å²) in [6.45, 7) is 8.39. The zero-order valence-electron chi connectivity index (χ0n) is 11.9. The molecule has 3 N–H and O–H groups in total. The highest BCUT2D eigenvalue weighted by Gasteiger charge is 2.19. The Labute approximate surface area is 105 Å². The van der Waals surface area contributed by atoms with Crippen molar-refractivity contribution in [2.45, 2.75) is 58.6 Å². The van der Waals surface area contributed by atoms with Crippen LogP contribution in [0.15, 0.2) is 0 Å². The molecule has 4 heteroatoms.